The fourth-order valence-corrected chi connectivity index (χ4v) is 0.619. The molecule has 5 N–H and O–H groups in total. The molecule has 0 amide bonds. The second-order valence-corrected chi connectivity index (χ2v) is 3.11. The van der Waals surface area contributed by atoms with Crippen LogP contribution in [0.5, 0.6) is 0 Å². The molecule has 0 aromatic carbocycles. The smallest absolute Gasteiger partial charge is 0.323 e. The first-order valence-corrected chi connectivity index (χ1v) is 3.60. The molecule has 2 atom stereocenters. The summed E-state index contributed by atoms with van der Waals surface area (Å²) in [7, 11) is 0. The topological polar surface area (TPSA) is 89.3 Å². The molecule has 0 aliphatic rings. The Morgan fingerprint density at radius 2 is 2.20 bits per heavy atom. The van der Waals surface area contributed by atoms with E-state index in [1.807, 2.05) is 0 Å². The first-order valence-electron chi connectivity index (χ1n) is 2.52. The number of hydrogen-bond donors (Lipinski definition) is 5. The van der Waals surface area contributed by atoms with Gasteiger partial charge in [0.15, 0.2) is 0 Å². The van der Waals surface area contributed by atoms with Gasteiger partial charge >= 0.3 is 5.97 Å². The lowest BCUT2D eigenvalue weighted by atomic mass is 10.1. The lowest BCUT2D eigenvalue weighted by molar-refractivity contribution is -0.139. The highest BCUT2D eigenvalue weighted by Crippen LogP contribution is 2.12. The third-order valence-electron chi connectivity index (χ3n) is 1.06. The molecule has 0 fully saturated rings. The van der Waals surface area contributed by atoms with Crippen molar-refractivity contribution in [3.8, 4) is 0 Å². The van der Waals surface area contributed by atoms with Gasteiger partial charge < -0.3 is 16.6 Å². The zero-order chi connectivity index (χ0) is 8.36. The van der Waals surface area contributed by atoms with Crippen LogP contribution in [0.4, 0.5) is 0 Å². The number of rotatable bonds is 3. The molecule has 6 heteroatoms. The van der Waals surface area contributed by atoms with Gasteiger partial charge in [-0.05, 0) is 0 Å². The third kappa shape index (κ3) is 2.37. The number of nitrogens with two attached hydrogens (primary N) is 2. The van der Waals surface area contributed by atoms with Gasteiger partial charge in [0, 0.05) is 5.75 Å². The molecule has 0 saturated carbocycles. The first-order chi connectivity index (χ1) is 4.41. The highest BCUT2D eigenvalue weighted by Gasteiger charge is 2.32. The number of carboxylic acids is 1. The molecule has 2 unspecified atom stereocenters. The van der Waals surface area contributed by atoms with Crippen LogP contribution in [0.3, 0.4) is 0 Å². The van der Waals surface area contributed by atoms with Gasteiger partial charge in [-0.15, -0.1) is 0 Å². The van der Waals surface area contributed by atoms with E-state index in [4.69, 9.17) is 16.6 Å². The normalized spacial score (nSPS) is 19.6. The number of hydrogen-bond acceptors (Lipinski definition) is 5. The second-order valence-electron chi connectivity index (χ2n) is 1.97. The lowest BCUT2D eigenvalue weighted by Crippen LogP contribution is -2.56. The lowest BCUT2D eigenvalue weighted by Gasteiger charge is -2.24. The molecular weight excluding hydrogens is 172 g/mol. The van der Waals surface area contributed by atoms with E-state index in [1.54, 1.807) is 0 Å². The maximum Gasteiger partial charge on any atom is 0.323 e. The van der Waals surface area contributed by atoms with Crippen LogP contribution >= 0.6 is 25.3 Å². The van der Waals surface area contributed by atoms with Crippen molar-refractivity contribution in [1.29, 1.82) is 0 Å². The molecule has 0 bridgehead atoms. The predicted octanol–water partition coefficient (Wildman–Crippen LogP) is -1.09. The molecule has 10 heavy (non-hydrogen) atoms. The van der Waals surface area contributed by atoms with Gasteiger partial charge in [-0.3, -0.25) is 4.79 Å². The largest absolute Gasteiger partial charge is 0.480 e. The second kappa shape index (κ2) is 3.47. The summed E-state index contributed by atoms with van der Waals surface area (Å²) in [6, 6.07) is -1.19. The summed E-state index contributed by atoms with van der Waals surface area (Å²) in [4.78, 5) is 8.98. The number of aliphatic carboxylic acids is 1. The average molecular weight is 182 g/mol. The SMILES string of the molecule is NC(C(=O)O)C(N)(S)CS. The molecule has 0 aromatic heterocycles. The van der Waals surface area contributed by atoms with Crippen LogP contribution in [0.25, 0.3) is 0 Å². The highest BCUT2D eigenvalue weighted by molar-refractivity contribution is 7.85. The Bertz CT molecular complexity index is 139. The van der Waals surface area contributed by atoms with E-state index < -0.39 is 16.9 Å². The van der Waals surface area contributed by atoms with Crippen LogP contribution < -0.4 is 11.5 Å². The van der Waals surface area contributed by atoms with Gasteiger partial charge in [-0.2, -0.15) is 25.3 Å². The predicted molar refractivity (Wildman–Crippen MR) is 45.4 cm³/mol. The summed E-state index contributed by atoms with van der Waals surface area (Å²) in [5.41, 5.74) is 10.5. The molecule has 4 nitrogen and oxygen atoms in total. The Balaban J connectivity index is 4.17. The minimum absolute atomic E-state index is 0.115. The van der Waals surface area contributed by atoms with Gasteiger partial charge in [0.2, 0.25) is 0 Å². The standard InChI is InChI=1S/C4H10N2O2S2/c5-2(3(7)8)4(6,10)1-9/h2,9-10H,1,5-6H2,(H,7,8). The Kier molecular flexibility index (Phi) is 3.50. The van der Waals surface area contributed by atoms with Crippen molar-refractivity contribution in [3.63, 3.8) is 0 Å². The molecule has 0 heterocycles. The minimum atomic E-state index is -1.24. The highest BCUT2D eigenvalue weighted by atomic mass is 32.1. The van der Waals surface area contributed by atoms with Crippen LogP contribution in [0.15, 0.2) is 0 Å². The summed E-state index contributed by atoms with van der Waals surface area (Å²) >= 11 is 7.61. The van der Waals surface area contributed by atoms with Crippen LogP contribution in [0, 0.1) is 0 Å². The molecule has 0 saturated heterocycles. The summed E-state index contributed by atoms with van der Waals surface area (Å²) < 4.78 is 0. The van der Waals surface area contributed by atoms with E-state index in [0.29, 0.717) is 0 Å². The van der Waals surface area contributed by atoms with Gasteiger partial charge in [0.05, 0.1) is 4.87 Å². The van der Waals surface area contributed by atoms with Gasteiger partial charge in [0.25, 0.3) is 0 Å². The van der Waals surface area contributed by atoms with E-state index >= 15 is 0 Å². The summed E-state index contributed by atoms with van der Waals surface area (Å²) in [5.74, 6) is -1.06. The van der Waals surface area contributed by atoms with Crippen molar-refractivity contribution < 1.29 is 9.90 Å². The quantitative estimate of drug-likeness (QED) is 0.283. The zero-order valence-corrected chi connectivity index (χ0v) is 6.98. The van der Waals surface area contributed by atoms with Gasteiger partial charge in [-0.1, -0.05) is 0 Å². The monoisotopic (exact) mass is 182 g/mol. The third-order valence-corrected chi connectivity index (χ3v) is 2.27. The maximum atomic E-state index is 10.2. The van der Waals surface area contributed by atoms with Crippen LogP contribution in [0.1, 0.15) is 0 Å². The molecular formula is C4H10N2O2S2. The van der Waals surface area contributed by atoms with E-state index in [9.17, 15) is 4.79 Å². The molecule has 60 valence electrons. The minimum Gasteiger partial charge on any atom is -0.480 e. The van der Waals surface area contributed by atoms with E-state index in [0.717, 1.165) is 0 Å². The van der Waals surface area contributed by atoms with Crippen molar-refractivity contribution in [3.05, 3.63) is 0 Å². The Labute approximate surface area is 69.8 Å². The molecule has 0 aliphatic carbocycles. The number of carboxylic acid groups (broad SMARTS) is 1. The summed E-state index contributed by atoms with van der Waals surface area (Å²) in [5, 5.41) is 8.36. The Morgan fingerprint density at radius 3 is 2.30 bits per heavy atom. The van der Waals surface area contributed by atoms with Crippen LogP contribution in [0.2, 0.25) is 0 Å². The average Bonchev–Trinajstić information content (AvgIpc) is 1.86. The van der Waals surface area contributed by atoms with E-state index in [1.165, 1.54) is 0 Å². The summed E-state index contributed by atoms with van der Waals surface area (Å²) in [6.45, 7) is 0. The van der Waals surface area contributed by atoms with Gasteiger partial charge in [-0.25, -0.2) is 0 Å². The Morgan fingerprint density at radius 1 is 1.80 bits per heavy atom. The Hall–Kier alpha value is 0.0900. The van der Waals surface area contributed by atoms with E-state index in [-0.39, 0.29) is 5.75 Å². The van der Waals surface area contributed by atoms with Crippen LogP contribution in [-0.2, 0) is 4.79 Å². The zero-order valence-electron chi connectivity index (χ0n) is 5.19. The molecule has 0 aromatic rings. The first kappa shape index (κ1) is 10.1. The van der Waals surface area contributed by atoms with Crippen LogP contribution in [-0.4, -0.2) is 27.7 Å². The number of carbonyl (C=O) groups is 1. The van der Waals surface area contributed by atoms with Gasteiger partial charge in [0.1, 0.15) is 6.04 Å². The fourth-order valence-electron chi connectivity index (χ4n) is 0.312. The van der Waals surface area contributed by atoms with Crippen molar-refractivity contribution in [2.75, 3.05) is 5.75 Å². The van der Waals surface area contributed by atoms with Crippen molar-refractivity contribution in [2.45, 2.75) is 10.9 Å². The number of thiol groups is 2. The summed E-state index contributed by atoms with van der Waals surface area (Å²) in [6.07, 6.45) is 0. The molecule has 0 aliphatic heterocycles. The van der Waals surface area contributed by atoms with Crippen molar-refractivity contribution >= 4 is 31.2 Å². The maximum absolute atomic E-state index is 10.2. The molecule has 0 radical (unpaired) electrons. The molecule has 0 rings (SSSR count). The molecule has 0 spiro atoms. The fraction of sp³-hybridized carbons (Fsp3) is 0.750. The van der Waals surface area contributed by atoms with Crippen molar-refractivity contribution in [2.24, 2.45) is 11.5 Å². The van der Waals surface area contributed by atoms with E-state index in [2.05, 4.69) is 25.3 Å². The van der Waals surface area contributed by atoms with Crippen molar-refractivity contribution in [1.82, 2.24) is 0 Å².